The number of hydrogen-bond donors (Lipinski definition) is 1. The summed E-state index contributed by atoms with van der Waals surface area (Å²) in [6, 6.07) is 4.23. The fourth-order valence-corrected chi connectivity index (χ4v) is 3.17. The summed E-state index contributed by atoms with van der Waals surface area (Å²) in [6.07, 6.45) is 1.81. The Hall–Kier alpha value is -1.95. The Morgan fingerprint density at radius 3 is 2.70 bits per heavy atom. The van der Waals surface area contributed by atoms with Gasteiger partial charge in [-0.3, -0.25) is 0 Å². The van der Waals surface area contributed by atoms with Crippen LogP contribution in [0, 0.1) is 6.92 Å². The topological polar surface area (TPSA) is 69.6 Å². The molecule has 0 spiro atoms. The molecule has 6 heteroatoms. The lowest BCUT2D eigenvalue weighted by Crippen LogP contribution is -2.07. The smallest absolute Gasteiger partial charge is 0.223 e. The van der Waals surface area contributed by atoms with Gasteiger partial charge in [-0.25, -0.2) is 9.67 Å². The van der Waals surface area contributed by atoms with Crippen LogP contribution in [-0.2, 0) is 12.8 Å². The second-order valence-corrected chi connectivity index (χ2v) is 5.96. The lowest BCUT2D eigenvalue weighted by atomic mass is 10.2. The first-order chi connectivity index (χ1) is 9.62. The van der Waals surface area contributed by atoms with E-state index < -0.39 is 0 Å². The normalized spacial score (nSPS) is 11.3. The van der Waals surface area contributed by atoms with Gasteiger partial charge in [0.25, 0.3) is 0 Å². The zero-order valence-electron chi connectivity index (χ0n) is 11.8. The number of aryl methyl sites for hydroxylation is 3. The molecule has 0 aliphatic rings. The quantitative estimate of drug-likeness (QED) is 0.804. The standard InChI is InChI=1S/C14H17N5S/c1-4-9-7-10(5-2)19(18-9)12-11-6-8(3)20-13(11)17-14(15)16-12/h6-7H,4-5H2,1-3H3,(H2,15,16,17). The fourth-order valence-electron chi connectivity index (χ4n) is 2.29. The Morgan fingerprint density at radius 2 is 2.00 bits per heavy atom. The van der Waals surface area contributed by atoms with E-state index in [1.165, 1.54) is 4.88 Å². The van der Waals surface area contributed by atoms with Crippen LogP contribution >= 0.6 is 11.3 Å². The van der Waals surface area contributed by atoms with Crippen LogP contribution in [0.3, 0.4) is 0 Å². The number of nitrogens with zero attached hydrogens (tertiary/aromatic N) is 4. The van der Waals surface area contributed by atoms with E-state index in [0.29, 0.717) is 5.95 Å². The SMILES string of the molecule is CCc1cc(CC)n(-c2nc(N)nc3sc(C)cc23)n1. The van der Waals surface area contributed by atoms with Crippen LogP contribution in [0.4, 0.5) is 5.95 Å². The van der Waals surface area contributed by atoms with Crippen molar-refractivity contribution in [2.45, 2.75) is 33.6 Å². The lowest BCUT2D eigenvalue weighted by molar-refractivity contribution is 0.778. The molecule has 0 aliphatic heterocycles. The Morgan fingerprint density at radius 1 is 1.20 bits per heavy atom. The minimum atomic E-state index is 0.296. The molecule has 3 aromatic heterocycles. The van der Waals surface area contributed by atoms with Gasteiger partial charge < -0.3 is 5.73 Å². The van der Waals surface area contributed by atoms with Crippen LogP contribution in [-0.4, -0.2) is 19.7 Å². The highest BCUT2D eigenvalue weighted by Crippen LogP contribution is 2.28. The molecule has 104 valence electrons. The van der Waals surface area contributed by atoms with Crippen molar-refractivity contribution in [3.05, 3.63) is 28.4 Å². The molecular formula is C14H17N5S. The average Bonchev–Trinajstić information content (AvgIpc) is 2.99. The van der Waals surface area contributed by atoms with E-state index in [0.717, 1.165) is 40.3 Å². The molecule has 0 saturated heterocycles. The Balaban J connectivity index is 2.30. The number of rotatable bonds is 3. The van der Waals surface area contributed by atoms with Gasteiger partial charge in [-0.1, -0.05) is 13.8 Å². The van der Waals surface area contributed by atoms with Crippen molar-refractivity contribution in [1.29, 1.82) is 0 Å². The molecule has 20 heavy (non-hydrogen) atoms. The summed E-state index contributed by atoms with van der Waals surface area (Å²) < 4.78 is 1.91. The van der Waals surface area contributed by atoms with Gasteiger partial charge in [0.15, 0.2) is 5.82 Å². The number of hydrogen-bond acceptors (Lipinski definition) is 5. The zero-order valence-corrected chi connectivity index (χ0v) is 12.7. The second kappa shape index (κ2) is 4.86. The maximum Gasteiger partial charge on any atom is 0.223 e. The first-order valence-electron chi connectivity index (χ1n) is 6.74. The fraction of sp³-hybridized carbons (Fsp3) is 0.357. The van der Waals surface area contributed by atoms with E-state index in [1.807, 2.05) is 4.68 Å². The van der Waals surface area contributed by atoms with Crippen molar-refractivity contribution in [2.24, 2.45) is 0 Å². The van der Waals surface area contributed by atoms with E-state index in [1.54, 1.807) is 11.3 Å². The van der Waals surface area contributed by atoms with Gasteiger partial charge in [0, 0.05) is 10.6 Å². The predicted octanol–water partition coefficient (Wildman–Crippen LogP) is 2.89. The van der Waals surface area contributed by atoms with Gasteiger partial charge in [-0.2, -0.15) is 10.1 Å². The van der Waals surface area contributed by atoms with E-state index in [4.69, 9.17) is 5.73 Å². The predicted molar refractivity (Wildman–Crippen MR) is 82.4 cm³/mol. The minimum absolute atomic E-state index is 0.296. The molecular weight excluding hydrogens is 270 g/mol. The van der Waals surface area contributed by atoms with E-state index in [2.05, 4.69) is 48.0 Å². The Kier molecular flexibility index (Phi) is 3.17. The third kappa shape index (κ3) is 2.06. The van der Waals surface area contributed by atoms with Crippen LogP contribution < -0.4 is 5.73 Å². The number of nitrogens with two attached hydrogens (primary N) is 1. The van der Waals surface area contributed by atoms with Gasteiger partial charge in [-0.15, -0.1) is 11.3 Å². The molecule has 0 aromatic carbocycles. The van der Waals surface area contributed by atoms with Crippen molar-refractivity contribution >= 4 is 27.5 Å². The molecule has 0 atom stereocenters. The Bertz CT molecular complexity index is 771. The van der Waals surface area contributed by atoms with Gasteiger partial charge in [0.05, 0.1) is 11.1 Å². The Labute approximate surface area is 121 Å². The largest absolute Gasteiger partial charge is 0.368 e. The van der Waals surface area contributed by atoms with Crippen molar-refractivity contribution < 1.29 is 0 Å². The maximum absolute atomic E-state index is 5.85. The monoisotopic (exact) mass is 287 g/mol. The second-order valence-electron chi connectivity index (χ2n) is 4.73. The molecule has 5 nitrogen and oxygen atoms in total. The number of aromatic nitrogens is 4. The minimum Gasteiger partial charge on any atom is -0.368 e. The summed E-state index contributed by atoms with van der Waals surface area (Å²) >= 11 is 1.63. The van der Waals surface area contributed by atoms with E-state index in [-0.39, 0.29) is 0 Å². The lowest BCUT2D eigenvalue weighted by Gasteiger charge is -2.06. The molecule has 0 radical (unpaired) electrons. The van der Waals surface area contributed by atoms with E-state index >= 15 is 0 Å². The van der Waals surface area contributed by atoms with Crippen LogP contribution in [0.15, 0.2) is 12.1 Å². The van der Waals surface area contributed by atoms with Gasteiger partial charge in [0.1, 0.15) is 4.83 Å². The highest BCUT2D eigenvalue weighted by atomic mass is 32.1. The zero-order chi connectivity index (χ0) is 14.3. The molecule has 0 saturated carbocycles. The van der Waals surface area contributed by atoms with Gasteiger partial charge >= 0.3 is 0 Å². The first-order valence-corrected chi connectivity index (χ1v) is 7.55. The number of anilines is 1. The highest BCUT2D eigenvalue weighted by Gasteiger charge is 2.15. The van der Waals surface area contributed by atoms with Crippen LogP contribution in [0.5, 0.6) is 0 Å². The molecule has 2 N–H and O–H groups in total. The van der Waals surface area contributed by atoms with Crippen molar-refractivity contribution in [1.82, 2.24) is 19.7 Å². The molecule has 0 amide bonds. The van der Waals surface area contributed by atoms with Crippen LogP contribution in [0.25, 0.3) is 16.0 Å². The first kappa shape index (κ1) is 13.1. The third-order valence-electron chi connectivity index (χ3n) is 3.27. The van der Waals surface area contributed by atoms with Crippen molar-refractivity contribution in [2.75, 3.05) is 5.73 Å². The highest BCUT2D eigenvalue weighted by molar-refractivity contribution is 7.18. The number of nitrogen functional groups attached to an aromatic ring is 1. The van der Waals surface area contributed by atoms with Crippen molar-refractivity contribution in [3.63, 3.8) is 0 Å². The summed E-state index contributed by atoms with van der Waals surface area (Å²) in [6.45, 7) is 6.28. The molecule has 0 aliphatic carbocycles. The molecule has 0 fully saturated rings. The van der Waals surface area contributed by atoms with Gasteiger partial charge in [-0.05, 0) is 31.9 Å². The molecule has 0 bridgehead atoms. The summed E-state index contributed by atoms with van der Waals surface area (Å²) in [4.78, 5) is 10.8. The average molecular weight is 287 g/mol. The summed E-state index contributed by atoms with van der Waals surface area (Å²) in [7, 11) is 0. The number of fused-ring (bicyclic) bond motifs is 1. The summed E-state index contributed by atoms with van der Waals surface area (Å²) in [5.74, 6) is 1.08. The molecule has 3 heterocycles. The number of thiophene rings is 1. The molecule has 3 aromatic rings. The summed E-state index contributed by atoms with van der Waals surface area (Å²) in [5, 5.41) is 5.66. The van der Waals surface area contributed by atoms with Gasteiger partial charge in [0.2, 0.25) is 5.95 Å². The molecule has 3 rings (SSSR count). The third-order valence-corrected chi connectivity index (χ3v) is 4.22. The maximum atomic E-state index is 5.85. The summed E-state index contributed by atoms with van der Waals surface area (Å²) in [5.41, 5.74) is 8.06. The van der Waals surface area contributed by atoms with E-state index in [9.17, 15) is 0 Å². The van der Waals surface area contributed by atoms with Crippen LogP contribution in [0.2, 0.25) is 0 Å². The molecule has 0 unspecified atom stereocenters. The van der Waals surface area contributed by atoms with Crippen molar-refractivity contribution in [3.8, 4) is 5.82 Å². The van der Waals surface area contributed by atoms with Crippen LogP contribution in [0.1, 0.15) is 30.1 Å².